The Morgan fingerprint density at radius 2 is 2.33 bits per heavy atom. The highest BCUT2D eigenvalue weighted by Gasteiger charge is 2.05. The van der Waals surface area contributed by atoms with Crippen LogP contribution in [-0.4, -0.2) is 12.2 Å². The summed E-state index contributed by atoms with van der Waals surface area (Å²) in [5.74, 6) is 0.552. The smallest absolute Gasteiger partial charge is 0.125 e. The molecule has 0 saturated heterocycles. The predicted molar refractivity (Wildman–Crippen MR) is 43.6 cm³/mol. The lowest BCUT2D eigenvalue weighted by Crippen LogP contribution is -1.94. The molecule has 0 fully saturated rings. The van der Waals surface area contributed by atoms with Crippen molar-refractivity contribution in [2.24, 2.45) is 0 Å². The summed E-state index contributed by atoms with van der Waals surface area (Å²) in [5, 5.41) is 17.6. The molecule has 1 aromatic carbocycles. The van der Waals surface area contributed by atoms with Crippen LogP contribution in [-0.2, 0) is 6.61 Å². The van der Waals surface area contributed by atoms with Crippen molar-refractivity contribution in [2.75, 3.05) is 7.11 Å². The molecule has 0 aliphatic rings. The Bertz CT molecular complexity index is 315. The Morgan fingerprint density at radius 3 is 2.83 bits per heavy atom. The Balaban J connectivity index is 3.24. The van der Waals surface area contributed by atoms with Gasteiger partial charge in [-0.15, -0.1) is 0 Å². The molecule has 1 N–H and O–H groups in total. The number of nitriles is 1. The predicted octanol–water partition coefficient (Wildman–Crippen LogP) is 1.06. The van der Waals surface area contributed by atoms with Crippen LogP contribution in [0.5, 0.6) is 5.75 Å². The molecule has 0 bridgehead atoms. The average molecular weight is 163 g/mol. The Hall–Kier alpha value is -1.53. The Kier molecular flexibility index (Phi) is 2.67. The highest BCUT2D eigenvalue weighted by Crippen LogP contribution is 2.21. The summed E-state index contributed by atoms with van der Waals surface area (Å²) in [7, 11) is 1.51. The zero-order valence-corrected chi connectivity index (χ0v) is 6.74. The zero-order valence-electron chi connectivity index (χ0n) is 6.74. The second-order valence-corrected chi connectivity index (χ2v) is 2.26. The van der Waals surface area contributed by atoms with E-state index < -0.39 is 0 Å². The molecule has 0 unspecified atom stereocenters. The first-order chi connectivity index (χ1) is 5.83. The van der Waals surface area contributed by atoms with E-state index in [1.165, 1.54) is 7.11 Å². The number of ether oxygens (including phenoxy) is 1. The van der Waals surface area contributed by atoms with Crippen LogP contribution in [0.2, 0.25) is 0 Å². The van der Waals surface area contributed by atoms with Crippen molar-refractivity contribution in [3.63, 3.8) is 0 Å². The second kappa shape index (κ2) is 3.74. The molecule has 1 aromatic rings. The highest BCUT2D eigenvalue weighted by molar-refractivity contribution is 5.46. The van der Waals surface area contributed by atoms with Gasteiger partial charge in [0.1, 0.15) is 5.75 Å². The van der Waals surface area contributed by atoms with Crippen molar-refractivity contribution in [1.82, 2.24) is 0 Å². The number of rotatable bonds is 2. The van der Waals surface area contributed by atoms with Crippen LogP contribution in [0.3, 0.4) is 0 Å². The van der Waals surface area contributed by atoms with E-state index in [4.69, 9.17) is 15.1 Å². The first kappa shape index (κ1) is 8.57. The SMILES string of the molecule is COc1cccc(C#N)c1CO. The summed E-state index contributed by atoms with van der Waals surface area (Å²) < 4.78 is 4.97. The highest BCUT2D eigenvalue weighted by atomic mass is 16.5. The maximum Gasteiger partial charge on any atom is 0.125 e. The van der Waals surface area contributed by atoms with E-state index in [0.717, 1.165) is 0 Å². The first-order valence-corrected chi connectivity index (χ1v) is 3.50. The maximum atomic E-state index is 8.93. The van der Waals surface area contributed by atoms with Gasteiger partial charge in [-0.1, -0.05) is 6.07 Å². The second-order valence-electron chi connectivity index (χ2n) is 2.26. The van der Waals surface area contributed by atoms with E-state index in [0.29, 0.717) is 16.9 Å². The molecular weight excluding hydrogens is 154 g/mol. The van der Waals surface area contributed by atoms with Gasteiger partial charge >= 0.3 is 0 Å². The minimum atomic E-state index is -0.174. The molecule has 0 radical (unpaired) electrons. The molecule has 0 amide bonds. The first-order valence-electron chi connectivity index (χ1n) is 3.50. The molecule has 0 aliphatic carbocycles. The van der Waals surface area contributed by atoms with Gasteiger partial charge in [-0.25, -0.2) is 0 Å². The third-order valence-corrected chi connectivity index (χ3v) is 1.63. The largest absolute Gasteiger partial charge is 0.496 e. The van der Waals surface area contributed by atoms with Gasteiger partial charge in [-0.3, -0.25) is 0 Å². The molecule has 0 saturated carbocycles. The summed E-state index contributed by atoms with van der Waals surface area (Å²) in [6, 6.07) is 7.06. The minimum Gasteiger partial charge on any atom is -0.496 e. The van der Waals surface area contributed by atoms with Crippen LogP contribution in [0.1, 0.15) is 11.1 Å². The number of aliphatic hydroxyl groups is 1. The van der Waals surface area contributed by atoms with Gasteiger partial charge in [-0.05, 0) is 12.1 Å². The van der Waals surface area contributed by atoms with Crippen LogP contribution in [0.15, 0.2) is 18.2 Å². The van der Waals surface area contributed by atoms with Crippen molar-refractivity contribution in [3.05, 3.63) is 29.3 Å². The summed E-state index contributed by atoms with van der Waals surface area (Å²) in [6.07, 6.45) is 0. The summed E-state index contributed by atoms with van der Waals surface area (Å²) in [4.78, 5) is 0. The van der Waals surface area contributed by atoms with Crippen molar-refractivity contribution in [3.8, 4) is 11.8 Å². The van der Waals surface area contributed by atoms with E-state index in [2.05, 4.69) is 0 Å². The van der Waals surface area contributed by atoms with E-state index >= 15 is 0 Å². The number of methoxy groups -OCH3 is 1. The zero-order chi connectivity index (χ0) is 8.97. The third kappa shape index (κ3) is 1.39. The van der Waals surface area contributed by atoms with Crippen LogP contribution in [0, 0.1) is 11.3 Å². The summed E-state index contributed by atoms with van der Waals surface area (Å²) >= 11 is 0. The third-order valence-electron chi connectivity index (χ3n) is 1.63. The van der Waals surface area contributed by atoms with E-state index in [9.17, 15) is 0 Å². The van der Waals surface area contributed by atoms with Crippen LogP contribution in [0.4, 0.5) is 0 Å². The molecule has 0 heterocycles. The van der Waals surface area contributed by atoms with Crippen molar-refractivity contribution in [2.45, 2.75) is 6.61 Å². The van der Waals surface area contributed by atoms with Crippen LogP contribution in [0.25, 0.3) is 0 Å². The van der Waals surface area contributed by atoms with Gasteiger partial charge < -0.3 is 9.84 Å². The van der Waals surface area contributed by atoms with Gasteiger partial charge in [0, 0.05) is 5.56 Å². The molecule has 0 atom stereocenters. The molecule has 62 valence electrons. The topological polar surface area (TPSA) is 53.2 Å². The van der Waals surface area contributed by atoms with E-state index in [-0.39, 0.29) is 6.61 Å². The molecular formula is C9H9NO2. The van der Waals surface area contributed by atoms with E-state index in [1.54, 1.807) is 18.2 Å². The molecule has 3 nitrogen and oxygen atoms in total. The fourth-order valence-electron chi connectivity index (χ4n) is 1.02. The maximum absolute atomic E-state index is 8.93. The number of benzene rings is 1. The van der Waals surface area contributed by atoms with Gasteiger partial charge in [0.05, 0.1) is 25.3 Å². The lowest BCUT2D eigenvalue weighted by atomic mass is 10.1. The normalized spacial score (nSPS) is 9.08. The molecule has 0 spiro atoms. The van der Waals surface area contributed by atoms with Crippen molar-refractivity contribution in [1.29, 1.82) is 5.26 Å². The molecule has 3 heteroatoms. The van der Waals surface area contributed by atoms with Gasteiger partial charge in [0.15, 0.2) is 0 Å². The molecule has 0 aliphatic heterocycles. The van der Waals surface area contributed by atoms with E-state index in [1.807, 2.05) is 6.07 Å². The van der Waals surface area contributed by atoms with Crippen molar-refractivity contribution >= 4 is 0 Å². The number of hydrogen-bond donors (Lipinski definition) is 1. The minimum absolute atomic E-state index is 0.174. The van der Waals surface area contributed by atoms with Gasteiger partial charge in [0.25, 0.3) is 0 Å². The van der Waals surface area contributed by atoms with Gasteiger partial charge in [-0.2, -0.15) is 5.26 Å². The van der Waals surface area contributed by atoms with Crippen molar-refractivity contribution < 1.29 is 9.84 Å². The quantitative estimate of drug-likeness (QED) is 0.709. The summed E-state index contributed by atoms with van der Waals surface area (Å²) in [5.41, 5.74) is 0.999. The molecule has 1 rings (SSSR count). The monoisotopic (exact) mass is 163 g/mol. The number of hydrogen-bond acceptors (Lipinski definition) is 3. The standard InChI is InChI=1S/C9H9NO2/c1-12-9-4-2-3-7(5-10)8(9)6-11/h2-4,11H,6H2,1H3. The summed E-state index contributed by atoms with van der Waals surface area (Å²) in [6.45, 7) is -0.174. The lowest BCUT2D eigenvalue weighted by molar-refractivity contribution is 0.273. The van der Waals surface area contributed by atoms with Crippen LogP contribution < -0.4 is 4.74 Å². The van der Waals surface area contributed by atoms with Crippen LogP contribution >= 0.6 is 0 Å². The fourth-order valence-corrected chi connectivity index (χ4v) is 1.02. The Morgan fingerprint density at radius 1 is 1.58 bits per heavy atom. The molecule has 12 heavy (non-hydrogen) atoms. The number of nitrogens with zero attached hydrogens (tertiary/aromatic N) is 1. The fraction of sp³-hybridized carbons (Fsp3) is 0.222. The van der Waals surface area contributed by atoms with Gasteiger partial charge in [0.2, 0.25) is 0 Å². The average Bonchev–Trinajstić information content (AvgIpc) is 2.16. The molecule has 0 aromatic heterocycles. The lowest BCUT2D eigenvalue weighted by Gasteiger charge is -2.06. The number of aliphatic hydroxyl groups excluding tert-OH is 1. The Labute approximate surface area is 70.8 Å².